The lowest BCUT2D eigenvalue weighted by atomic mass is 9.54. The number of rotatable bonds is 10. The number of aliphatic hydroxyl groups excluding tert-OH is 1. The van der Waals surface area contributed by atoms with E-state index in [0.29, 0.717) is 37.1 Å². The quantitative estimate of drug-likeness (QED) is 0.262. The maximum atomic E-state index is 13.2. The molecule has 0 saturated carbocycles. The zero-order valence-electron chi connectivity index (χ0n) is 20.7. The van der Waals surface area contributed by atoms with Crippen molar-refractivity contribution in [3.05, 3.63) is 60.2 Å². The van der Waals surface area contributed by atoms with Gasteiger partial charge < -0.3 is 25.8 Å². The molecule has 0 aliphatic carbocycles. The first-order valence-corrected chi connectivity index (χ1v) is 12.3. The Morgan fingerprint density at radius 2 is 1.70 bits per heavy atom. The second-order valence-electron chi connectivity index (χ2n) is 10.0. The summed E-state index contributed by atoms with van der Waals surface area (Å²) >= 11 is 0. The fraction of sp³-hybridized carbons (Fsp3) is 0.500. The van der Waals surface area contributed by atoms with Gasteiger partial charge >= 0.3 is 11.9 Å². The largest absolute Gasteiger partial charge is 0.481 e. The Kier molecular flexibility index (Phi) is 7.69. The number of unbranched alkanes of at least 4 members (excludes halogenated alkanes) is 1. The number of pyridine rings is 2. The second-order valence-corrected chi connectivity index (χ2v) is 10.0. The summed E-state index contributed by atoms with van der Waals surface area (Å²) in [7, 11) is 1.70. The zero-order valence-corrected chi connectivity index (χ0v) is 20.7. The van der Waals surface area contributed by atoms with E-state index in [2.05, 4.69) is 9.97 Å². The summed E-state index contributed by atoms with van der Waals surface area (Å²) in [4.78, 5) is 50.8. The standard InChI is InChI=1S/C26H33N5O6/c1-30-20(17-8-3-6-12-28-17)25(16-32)14-31(19(22(33)34)10-2-5-11-27)15-26(23(25)35,24(36)37)21(30)18-9-4-7-13-29-18/h3-4,6-9,12-13,16,19-21,23,35H,2,5,10-11,14-15,27H2,1H3,(H,33,34)(H,36,37)/t19?,20-,21+,23-,25?,26?/m0/s1. The molecule has 37 heavy (non-hydrogen) atoms. The number of hydrogen-bond acceptors (Lipinski definition) is 9. The van der Waals surface area contributed by atoms with Crippen LogP contribution >= 0.6 is 0 Å². The normalized spacial score (nSPS) is 30.9. The number of carbonyl (C=O) groups excluding carboxylic acids is 1. The molecule has 2 aliphatic heterocycles. The molecule has 2 aromatic heterocycles. The third kappa shape index (κ3) is 4.31. The average Bonchev–Trinajstić information content (AvgIpc) is 2.89. The van der Waals surface area contributed by atoms with Crippen molar-refractivity contribution in [1.82, 2.24) is 19.8 Å². The van der Waals surface area contributed by atoms with Gasteiger partial charge in [-0.25, -0.2) is 0 Å². The molecule has 2 aliphatic rings. The van der Waals surface area contributed by atoms with Gasteiger partial charge in [0.2, 0.25) is 0 Å². The van der Waals surface area contributed by atoms with Gasteiger partial charge in [-0.3, -0.25) is 29.4 Å². The SMILES string of the molecule is CN1[C@@H](c2ccccn2)C2(C=O)CN(C(CCCCN)C(=O)O)CC(C(=O)O)([C@H]1c1ccccn1)[C@H]2O. The van der Waals surface area contributed by atoms with E-state index in [0.717, 1.165) is 0 Å². The summed E-state index contributed by atoms with van der Waals surface area (Å²) in [6.45, 7) is -0.0251. The van der Waals surface area contributed by atoms with E-state index in [1.807, 2.05) is 0 Å². The van der Waals surface area contributed by atoms with E-state index in [1.54, 1.807) is 54.5 Å². The number of nitrogens with zero attached hydrogens (tertiary/aromatic N) is 4. The fourth-order valence-electron chi connectivity index (χ4n) is 6.42. The molecule has 0 spiro atoms. The van der Waals surface area contributed by atoms with Crippen molar-refractivity contribution in [2.45, 2.75) is 43.5 Å². The highest BCUT2D eigenvalue weighted by atomic mass is 16.4. The number of carbonyl (C=O) groups is 3. The number of likely N-dealkylation sites (tertiary alicyclic amines) is 2. The lowest BCUT2D eigenvalue weighted by Gasteiger charge is -2.64. The Balaban J connectivity index is 1.96. The molecule has 3 unspecified atom stereocenters. The number of aromatic nitrogens is 2. The molecular formula is C26H33N5O6. The summed E-state index contributed by atoms with van der Waals surface area (Å²) in [5.74, 6) is -2.45. The van der Waals surface area contributed by atoms with E-state index in [1.165, 1.54) is 11.1 Å². The van der Waals surface area contributed by atoms with Crippen LogP contribution in [0.1, 0.15) is 42.7 Å². The van der Waals surface area contributed by atoms with Crippen LogP contribution in [0, 0.1) is 10.8 Å². The van der Waals surface area contributed by atoms with Gasteiger partial charge in [-0.1, -0.05) is 18.6 Å². The van der Waals surface area contributed by atoms with E-state index < -0.39 is 47.0 Å². The maximum absolute atomic E-state index is 13.2. The lowest BCUT2D eigenvalue weighted by molar-refractivity contribution is -0.239. The fourth-order valence-corrected chi connectivity index (χ4v) is 6.42. The average molecular weight is 512 g/mol. The number of piperidine rings is 2. The molecule has 4 heterocycles. The minimum absolute atomic E-state index is 0.146. The highest BCUT2D eigenvalue weighted by Crippen LogP contribution is 2.61. The molecule has 2 aromatic rings. The molecule has 2 bridgehead atoms. The zero-order chi connectivity index (χ0) is 26.8. The van der Waals surface area contributed by atoms with Crippen molar-refractivity contribution in [1.29, 1.82) is 0 Å². The highest BCUT2D eigenvalue weighted by molar-refractivity contribution is 5.81. The van der Waals surface area contributed by atoms with Gasteiger partial charge in [0.25, 0.3) is 0 Å². The van der Waals surface area contributed by atoms with Gasteiger partial charge in [0.15, 0.2) is 0 Å². The number of hydrogen-bond donors (Lipinski definition) is 4. The van der Waals surface area contributed by atoms with Crippen LogP contribution in [0.2, 0.25) is 0 Å². The van der Waals surface area contributed by atoms with Gasteiger partial charge in [-0.15, -0.1) is 0 Å². The van der Waals surface area contributed by atoms with Crippen molar-refractivity contribution >= 4 is 18.2 Å². The first kappa shape index (κ1) is 26.8. The Labute approximate surface area is 214 Å². The van der Waals surface area contributed by atoms with Crippen LogP contribution < -0.4 is 5.73 Å². The summed E-state index contributed by atoms with van der Waals surface area (Å²) in [5, 5.41) is 32.8. The van der Waals surface area contributed by atoms with Gasteiger partial charge in [-0.2, -0.15) is 0 Å². The van der Waals surface area contributed by atoms with Crippen LogP contribution in [0.25, 0.3) is 0 Å². The molecule has 11 heteroatoms. The molecule has 5 N–H and O–H groups in total. The Morgan fingerprint density at radius 3 is 2.19 bits per heavy atom. The molecule has 2 fully saturated rings. The van der Waals surface area contributed by atoms with Gasteiger partial charge in [0.1, 0.15) is 17.7 Å². The molecule has 0 radical (unpaired) electrons. The van der Waals surface area contributed by atoms with Gasteiger partial charge in [0, 0.05) is 25.5 Å². The monoisotopic (exact) mass is 511 g/mol. The molecular weight excluding hydrogens is 478 g/mol. The number of aldehydes is 1. The van der Waals surface area contributed by atoms with Crippen LogP contribution in [0.4, 0.5) is 0 Å². The summed E-state index contributed by atoms with van der Waals surface area (Å²) in [6, 6.07) is 7.41. The molecule has 0 aromatic carbocycles. The topological polar surface area (TPSA) is 170 Å². The van der Waals surface area contributed by atoms with Crippen molar-refractivity contribution in [2.75, 3.05) is 26.7 Å². The van der Waals surface area contributed by atoms with E-state index in [4.69, 9.17) is 5.73 Å². The number of aliphatic hydroxyl groups is 1. The second kappa shape index (κ2) is 10.6. The smallest absolute Gasteiger partial charge is 0.320 e. The van der Waals surface area contributed by atoms with E-state index in [-0.39, 0.29) is 19.5 Å². The molecule has 0 amide bonds. The highest BCUT2D eigenvalue weighted by Gasteiger charge is 2.72. The molecule has 6 atom stereocenters. The minimum Gasteiger partial charge on any atom is -0.481 e. The number of nitrogens with two attached hydrogens (primary N) is 1. The van der Waals surface area contributed by atoms with Crippen LogP contribution in [-0.2, 0) is 14.4 Å². The van der Waals surface area contributed by atoms with Crippen molar-refractivity contribution in [3.63, 3.8) is 0 Å². The van der Waals surface area contributed by atoms with Crippen molar-refractivity contribution in [3.8, 4) is 0 Å². The number of fused-ring (bicyclic) bond motifs is 2. The molecule has 198 valence electrons. The molecule has 11 nitrogen and oxygen atoms in total. The maximum Gasteiger partial charge on any atom is 0.320 e. The van der Waals surface area contributed by atoms with Crippen molar-refractivity contribution < 1.29 is 29.7 Å². The number of aliphatic carboxylic acids is 2. The van der Waals surface area contributed by atoms with Crippen LogP contribution in [0.3, 0.4) is 0 Å². The third-order valence-electron chi connectivity index (χ3n) is 7.96. The van der Waals surface area contributed by atoms with E-state index >= 15 is 0 Å². The minimum atomic E-state index is -1.95. The van der Waals surface area contributed by atoms with Gasteiger partial charge in [0.05, 0.1) is 35.0 Å². The lowest BCUT2D eigenvalue weighted by Crippen LogP contribution is -2.76. The Hall–Kier alpha value is -3.25. The summed E-state index contributed by atoms with van der Waals surface area (Å²) < 4.78 is 0. The first-order valence-electron chi connectivity index (χ1n) is 12.3. The summed E-state index contributed by atoms with van der Waals surface area (Å²) in [6.07, 6.45) is 3.41. The van der Waals surface area contributed by atoms with E-state index in [9.17, 15) is 29.7 Å². The third-order valence-corrected chi connectivity index (χ3v) is 7.96. The van der Waals surface area contributed by atoms with Crippen LogP contribution in [0.5, 0.6) is 0 Å². The van der Waals surface area contributed by atoms with Crippen LogP contribution in [0.15, 0.2) is 48.8 Å². The van der Waals surface area contributed by atoms with Crippen LogP contribution in [-0.4, -0.2) is 92.1 Å². The summed E-state index contributed by atoms with van der Waals surface area (Å²) in [5.41, 5.74) is 2.84. The Morgan fingerprint density at radius 1 is 1.08 bits per heavy atom. The van der Waals surface area contributed by atoms with Gasteiger partial charge in [-0.05, 0) is 50.7 Å². The van der Waals surface area contributed by atoms with Crippen molar-refractivity contribution in [2.24, 2.45) is 16.6 Å². The Bertz CT molecular complexity index is 1120. The predicted molar refractivity (Wildman–Crippen MR) is 132 cm³/mol. The predicted octanol–water partition coefficient (Wildman–Crippen LogP) is 0.719. The number of carboxylic acid groups (broad SMARTS) is 2. The number of carboxylic acids is 2. The first-order chi connectivity index (χ1) is 17.7. The molecule has 2 saturated heterocycles. The molecule has 4 rings (SSSR count).